The van der Waals surface area contributed by atoms with Gasteiger partial charge >= 0.3 is 0 Å². The summed E-state index contributed by atoms with van der Waals surface area (Å²) in [5, 5.41) is 9.58. The van der Waals surface area contributed by atoms with Gasteiger partial charge < -0.3 is 9.84 Å². The van der Waals surface area contributed by atoms with Gasteiger partial charge in [-0.1, -0.05) is 24.3 Å². The summed E-state index contributed by atoms with van der Waals surface area (Å²) < 4.78 is 5.38. The van der Waals surface area contributed by atoms with Crippen molar-refractivity contribution in [2.75, 3.05) is 26.3 Å². The van der Waals surface area contributed by atoms with Crippen molar-refractivity contribution in [1.29, 1.82) is 0 Å². The number of aliphatic hydroxyl groups is 1. The van der Waals surface area contributed by atoms with Gasteiger partial charge in [0.2, 0.25) is 0 Å². The zero-order valence-electron chi connectivity index (χ0n) is 12.1. The number of nitrogens with zero attached hydrogens (tertiary/aromatic N) is 1. The number of morpholine rings is 1. The van der Waals surface area contributed by atoms with Gasteiger partial charge in [0.25, 0.3) is 0 Å². The lowest BCUT2D eigenvalue weighted by Crippen LogP contribution is -2.35. The third kappa shape index (κ3) is 3.60. The summed E-state index contributed by atoms with van der Waals surface area (Å²) in [5.41, 5.74) is 2.84. The first-order valence-corrected chi connectivity index (χ1v) is 7.88. The van der Waals surface area contributed by atoms with Crippen molar-refractivity contribution in [2.24, 2.45) is 0 Å². The molecule has 3 heteroatoms. The third-order valence-electron chi connectivity index (χ3n) is 4.66. The smallest absolute Gasteiger partial charge is 0.0594 e. The van der Waals surface area contributed by atoms with Crippen LogP contribution in [0.3, 0.4) is 0 Å². The molecule has 1 aromatic rings. The van der Waals surface area contributed by atoms with E-state index in [1.807, 2.05) is 0 Å². The maximum absolute atomic E-state index is 9.58. The van der Waals surface area contributed by atoms with Gasteiger partial charge in [0.05, 0.1) is 19.3 Å². The standard InChI is InChI=1S/C17H25NO2/c19-17-7-5-16(6-8-17)15-3-1-14(2-4-15)13-18-9-11-20-12-10-18/h1-4,16-17,19H,5-13H2. The zero-order chi connectivity index (χ0) is 13.8. The molecule has 1 aliphatic carbocycles. The van der Waals surface area contributed by atoms with E-state index in [9.17, 15) is 5.11 Å². The second kappa shape index (κ2) is 6.70. The van der Waals surface area contributed by atoms with Crippen molar-refractivity contribution < 1.29 is 9.84 Å². The molecule has 1 aromatic carbocycles. The summed E-state index contributed by atoms with van der Waals surface area (Å²) in [4.78, 5) is 2.45. The van der Waals surface area contributed by atoms with E-state index in [1.165, 1.54) is 11.1 Å². The van der Waals surface area contributed by atoms with Gasteiger partial charge in [0, 0.05) is 19.6 Å². The number of benzene rings is 1. The minimum atomic E-state index is -0.0631. The molecule has 2 aliphatic rings. The molecule has 0 spiro atoms. The van der Waals surface area contributed by atoms with Crippen molar-refractivity contribution in [3.63, 3.8) is 0 Å². The minimum Gasteiger partial charge on any atom is -0.393 e. The fourth-order valence-corrected chi connectivity index (χ4v) is 3.32. The van der Waals surface area contributed by atoms with Gasteiger partial charge in [-0.25, -0.2) is 0 Å². The number of rotatable bonds is 3. The molecular weight excluding hydrogens is 250 g/mol. The highest BCUT2D eigenvalue weighted by Gasteiger charge is 2.20. The Morgan fingerprint density at radius 3 is 2.30 bits per heavy atom. The molecule has 2 fully saturated rings. The molecule has 20 heavy (non-hydrogen) atoms. The molecule has 0 bridgehead atoms. The van der Waals surface area contributed by atoms with Crippen molar-refractivity contribution in [3.8, 4) is 0 Å². The molecule has 1 saturated heterocycles. The van der Waals surface area contributed by atoms with Crippen LogP contribution in [0, 0.1) is 0 Å². The molecule has 1 saturated carbocycles. The largest absolute Gasteiger partial charge is 0.393 e. The Labute approximate surface area is 121 Å². The predicted octanol–water partition coefficient (Wildman–Crippen LogP) is 2.54. The van der Waals surface area contributed by atoms with Crippen LogP contribution >= 0.6 is 0 Å². The Kier molecular flexibility index (Phi) is 4.71. The molecule has 0 unspecified atom stereocenters. The average Bonchev–Trinajstić information content (AvgIpc) is 2.50. The van der Waals surface area contributed by atoms with E-state index in [0.717, 1.165) is 58.5 Å². The van der Waals surface area contributed by atoms with Crippen LogP contribution in [-0.2, 0) is 11.3 Å². The molecule has 0 atom stereocenters. The highest BCUT2D eigenvalue weighted by Crippen LogP contribution is 2.32. The summed E-state index contributed by atoms with van der Waals surface area (Å²) >= 11 is 0. The van der Waals surface area contributed by atoms with Crippen molar-refractivity contribution >= 4 is 0 Å². The maximum atomic E-state index is 9.58. The fourth-order valence-electron chi connectivity index (χ4n) is 3.32. The number of hydrogen-bond acceptors (Lipinski definition) is 3. The maximum Gasteiger partial charge on any atom is 0.0594 e. The van der Waals surface area contributed by atoms with Crippen molar-refractivity contribution in [2.45, 2.75) is 44.2 Å². The lowest BCUT2D eigenvalue weighted by atomic mass is 9.82. The molecule has 3 nitrogen and oxygen atoms in total. The first kappa shape index (κ1) is 14.1. The highest BCUT2D eigenvalue weighted by molar-refractivity contribution is 5.25. The normalized spacial score (nSPS) is 28.4. The predicted molar refractivity (Wildman–Crippen MR) is 79.8 cm³/mol. The lowest BCUT2D eigenvalue weighted by Gasteiger charge is -2.27. The van der Waals surface area contributed by atoms with Crippen LogP contribution in [0.5, 0.6) is 0 Å². The van der Waals surface area contributed by atoms with Gasteiger partial charge in [0.15, 0.2) is 0 Å². The molecule has 3 rings (SSSR count). The zero-order valence-corrected chi connectivity index (χ0v) is 12.1. The third-order valence-corrected chi connectivity index (χ3v) is 4.66. The molecule has 110 valence electrons. The topological polar surface area (TPSA) is 32.7 Å². The SMILES string of the molecule is OC1CCC(c2ccc(CN3CCOCC3)cc2)CC1. The van der Waals surface area contributed by atoms with Crippen LogP contribution in [0.1, 0.15) is 42.7 Å². The summed E-state index contributed by atoms with van der Waals surface area (Å²) in [6, 6.07) is 9.13. The quantitative estimate of drug-likeness (QED) is 0.920. The van der Waals surface area contributed by atoms with Crippen molar-refractivity contribution in [1.82, 2.24) is 4.90 Å². The van der Waals surface area contributed by atoms with E-state index >= 15 is 0 Å². The minimum absolute atomic E-state index is 0.0631. The van der Waals surface area contributed by atoms with E-state index in [0.29, 0.717) is 5.92 Å². The molecule has 0 aromatic heterocycles. The summed E-state index contributed by atoms with van der Waals surface area (Å²) in [6.07, 6.45) is 4.11. The van der Waals surface area contributed by atoms with Gasteiger partial charge in [-0.05, 0) is 42.7 Å². The van der Waals surface area contributed by atoms with Gasteiger partial charge in [0.1, 0.15) is 0 Å². The van der Waals surface area contributed by atoms with Crippen LogP contribution < -0.4 is 0 Å². The second-order valence-corrected chi connectivity index (χ2v) is 6.14. The summed E-state index contributed by atoms with van der Waals surface area (Å²) in [7, 11) is 0. The van der Waals surface area contributed by atoms with E-state index in [-0.39, 0.29) is 6.10 Å². The van der Waals surface area contributed by atoms with Crippen LogP contribution in [0.4, 0.5) is 0 Å². The van der Waals surface area contributed by atoms with E-state index < -0.39 is 0 Å². The van der Waals surface area contributed by atoms with E-state index in [1.54, 1.807) is 0 Å². The van der Waals surface area contributed by atoms with Crippen LogP contribution in [0.2, 0.25) is 0 Å². The Morgan fingerprint density at radius 2 is 1.65 bits per heavy atom. The monoisotopic (exact) mass is 275 g/mol. The van der Waals surface area contributed by atoms with E-state index in [2.05, 4.69) is 29.2 Å². The lowest BCUT2D eigenvalue weighted by molar-refractivity contribution is 0.0342. The van der Waals surface area contributed by atoms with Gasteiger partial charge in [-0.2, -0.15) is 0 Å². The molecular formula is C17H25NO2. The molecule has 1 heterocycles. The van der Waals surface area contributed by atoms with Gasteiger partial charge in [-0.15, -0.1) is 0 Å². The molecule has 1 aliphatic heterocycles. The Morgan fingerprint density at radius 1 is 1.00 bits per heavy atom. The van der Waals surface area contributed by atoms with E-state index in [4.69, 9.17) is 4.74 Å². The van der Waals surface area contributed by atoms with Crippen LogP contribution in [-0.4, -0.2) is 42.4 Å². The number of hydrogen-bond donors (Lipinski definition) is 1. The Balaban J connectivity index is 1.56. The highest BCUT2D eigenvalue weighted by atomic mass is 16.5. The average molecular weight is 275 g/mol. The molecule has 1 N–H and O–H groups in total. The van der Waals surface area contributed by atoms with Crippen molar-refractivity contribution in [3.05, 3.63) is 35.4 Å². The fraction of sp³-hybridized carbons (Fsp3) is 0.647. The number of aliphatic hydroxyl groups excluding tert-OH is 1. The summed E-state index contributed by atoms with van der Waals surface area (Å²) in [5.74, 6) is 0.649. The number of ether oxygens (including phenoxy) is 1. The first-order valence-electron chi connectivity index (χ1n) is 7.88. The van der Waals surface area contributed by atoms with Gasteiger partial charge in [-0.3, -0.25) is 4.90 Å². The van der Waals surface area contributed by atoms with Crippen LogP contribution in [0.25, 0.3) is 0 Å². The summed E-state index contributed by atoms with van der Waals surface area (Å²) in [6.45, 7) is 4.85. The first-order chi connectivity index (χ1) is 9.81. The second-order valence-electron chi connectivity index (χ2n) is 6.14. The molecule has 0 radical (unpaired) electrons. The molecule has 0 amide bonds. The Bertz CT molecular complexity index is 404. The van der Waals surface area contributed by atoms with Crippen LogP contribution in [0.15, 0.2) is 24.3 Å². The Hall–Kier alpha value is -0.900.